The standard InChI is InChI=1S/C18H21FN2O3/c1-18(11-13-5-3-6-14(19)9-13)7-4-8-21(18)17(22)16-10-15(12-23-2)24-20-16/h3,5-6,9-10H,4,7-8,11-12H2,1-2H3. The smallest absolute Gasteiger partial charge is 0.276 e. The molecule has 24 heavy (non-hydrogen) atoms. The molecule has 1 aliphatic rings. The van der Waals surface area contributed by atoms with Gasteiger partial charge in [-0.2, -0.15) is 0 Å². The Labute approximate surface area is 140 Å². The fourth-order valence-electron chi connectivity index (χ4n) is 3.40. The summed E-state index contributed by atoms with van der Waals surface area (Å²) in [6.07, 6.45) is 2.40. The van der Waals surface area contributed by atoms with Crippen LogP contribution in [0, 0.1) is 5.82 Å². The Morgan fingerprint density at radius 2 is 2.29 bits per heavy atom. The van der Waals surface area contributed by atoms with Crippen molar-refractivity contribution >= 4 is 5.91 Å². The van der Waals surface area contributed by atoms with E-state index in [0.29, 0.717) is 18.7 Å². The molecular formula is C18H21FN2O3. The topological polar surface area (TPSA) is 55.6 Å². The van der Waals surface area contributed by atoms with Crippen molar-refractivity contribution in [3.05, 3.63) is 53.2 Å². The minimum Gasteiger partial charge on any atom is -0.377 e. The van der Waals surface area contributed by atoms with Gasteiger partial charge in [0.1, 0.15) is 12.4 Å². The number of likely N-dealkylation sites (tertiary alicyclic amines) is 1. The van der Waals surface area contributed by atoms with E-state index < -0.39 is 0 Å². The molecule has 1 atom stereocenters. The van der Waals surface area contributed by atoms with Gasteiger partial charge in [-0.15, -0.1) is 0 Å². The molecular weight excluding hydrogens is 311 g/mol. The summed E-state index contributed by atoms with van der Waals surface area (Å²) in [4.78, 5) is 14.7. The zero-order valence-electron chi connectivity index (χ0n) is 13.9. The molecule has 1 aliphatic heterocycles. The van der Waals surface area contributed by atoms with E-state index in [4.69, 9.17) is 9.26 Å². The third kappa shape index (κ3) is 3.33. The maximum atomic E-state index is 13.4. The fraction of sp³-hybridized carbons (Fsp3) is 0.444. The lowest BCUT2D eigenvalue weighted by molar-refractivity contribution is 0.0613. The number of hydrogen-bond donors (Lipinski definition) is 0. The van der Waals surface area contributed by atoms with Gasteiger partial charge in [-0.3, -0.25) is 4.79 Å². The van der Waals surface area contributed by atoms with E-state index in [9.17, 15) is 9.18 Å². The first-order valence-electron chi connectivity index (χ1n) is 8.03. The summed E-state index contributed by atoms with van der Waals surface area (Å²) in [5.74, 6) is 0.108. The van der Waals surface area contributed by atoms with Gasteiger partial charge < -0.3 is 14.2 Å². The Morgan fingerprint density at radius 1 is 1.46 bits per heavy atom. The molecule has 2 aromatic rings. The van der Waals surface area contributed by atoms with E-state index >= 15 is 0 Å². The largest absolute Gasteiger partial charge is 0.377 e. The van der Waals surface area contributed by atoms with Crippen molar-refractivity contribution in [2.75, 3.05) is 13.7 Å². The lowest BCUT2D eigenvalue weighted by Crippen LogP contribution is -2.46. The molecule has 0 spiro atoms. The van der Waals surface area contributed by atoms with E-state index in [1.165, 1.54) is 12.1 Å². The summed E-state index contributed by atoms with van der Waals surface area (Å²) < 4.78 is 23.5. The summed E-state index contributed by atoms with van der Waals surface area (Å²) in [5.41, 5.74) is 0.817. The second-order valence-electron chi connectivity index (χ2n) is 6.48. The van der Waals surface area contributed by atoms with Crippen LogP contribution in [0.25, 0.3) is 0 Å². The van der Waals surface area contributed by atoms with Crippen LogP contribution in [0.4, 0.5) is 4.39 Å². The summed E-state index contributed by atoms with van der Waals surface area (Å²) in [7, 11) is 1.56. The van der Waals surface area contributed by atoms with Crippen LogP contribution in [-0.2, 0) is 17.8 Å². The Kier molecular flexibility index (Phi) is 4.66. The minimum absolute atomic E-state index is 0.155. The highest BCUT2D eigenvalue weighted by Gasteiger charge is 2.40. The number of nitrogens with zero attached hydrogens (tertiary/aromatic N) is 2. The number of aromatic nitrogens is 1. The predicted molar refractivity (Wildman–Crippen MR) is 86.0 cm³/mol. The van der Waals surface area contributed by atoms with Crippen molar-refractivity contribution < 1.29 is 18.4 Å². The quantitative estimate of drug-likeness (QED) is 0.844. The maximum Gasteiger partial charge on any atom is 0.276 e. The van der Waals surface area contributed by atoms with Crippen LogP contribution in [0.1, 0.15) is 41.6 Å². The number of carbonyl (C=O) groups is 1. The van der Waals surface area contributed by atoms with E-state index in [1.807, 2.05) is 17.9 Å². The number of amides is 1. The van der Waals surface area contributed by atoms with Gasteiger partial charge in [-0.05, 0) is 43.9 Å². The van der Waals surface area contributed by atoms with Gasteiger partial charge in [-0.25, -0.2) is 4.39 Å². The van der Waals surface area contributed by atoms with Crippen molar-refractivity contribution in [3.63, 3.8) is 0 Å². The first-order valence-corrected chi connectivity index (χ1v) is 8.03. The van der Waals surface area contributed by atoms with E-state index in [1.54, 1.807) is 19.2 Å². The highest BCUT2D eigenvalue weighted by molar-refractivity contribution is 5.93. The Hall–Kier alpha value is -2.21. The summed E-state index contributed by atoms with van der Waals surface area (Å²) in [6.45, 7) is 2.98. The Balaban J connectivity index is 1.79. The second-order valence-corrected chi connectivity index (χ2v) is 6.48. The summed E-state index contributed by atoms with van der Waals surface area (Å²) >= 11 is 0. The number of carbonyl (C=O) groups excluding carboxylic acids is 1. The molecule has 1 unspecified atom stereocenters. The Bertz CT molecular complexity index is 731. The van der Waals surface area contributed by atoms with Gasteiger partial charge in [0.15, 0.2) is 11.5 Å². The number of hydrogen-bond acceptors (Lipinski definition) is 4. The average molecular weight is 332 g/mol. The van der Waals surface area contributed by atoms with Crippen molar-refractivity contribution in [2.45, 2.75) is 38.3 Å². The first-order chi connectivity index (χ1) is 11.5. The summed E-state index contributed by atoms with van der Waals surface area (Å²) in [5, 5.41) is 3.86. The van der Waals surface area contributed by atoms with Crippen LogP contribution in [0.3, 0.4) is 0 Å². The summed E-state index contributed by atoms with van der Waals surface area (Å²) in [6, 6.07) is 8.16. The van der Waals surface area contributed by atoms with Crippen molar-refractivity contribution in [2.24, 2.45) is 0 Å². The van der Waals surface area contributed by atoms with E-state index in [0.717, 1.165) is 18.4 Å². The molecule has 0 saturated carbocycles. The van der Waals surface area contributed by atoms with Gasteiger partial charge in [-0.1, -0.05) is 17.3 Å². The number of rotatable bonds is 5. The zero-order valence-corrected chi connectivity index (χ0v) is 13.9. The van der Waals surface area contributed by atoms with Gasteiger partial charge in [0.05, 0.1) is 0 Å². The van der Waals surface area contributed by atoms with Crippen LogP contribution < -0.4 is 0 Å². The lowest BCUT2D eigenvalue weighted by atomic mass is 9.90. The lowest BCUT2D eigenvalue weighted by Gasteiger charge is -2.35. The van der Waals surface area contributed by atoms with Gasteiger partial charge in [0, 0.05) is 25.3 Å². The van der Waals surface area contributed by atoms with Crippen LogP contribution >= 0.6 is 0 Å². The molecule has 1 aromatic heterocycles. The highest BCUT2D eigenvalue weighted by atomic mass is 19.1. The Morgan fingerprint density at radius 3 is 3.04 bits per heavy atom. The molecule has 0 bridgehead atoms. The zero-order chi connectivity index (χ0) is 17.2. The van der Waals surface area contributed by atoms with E-state index in [-0.39, 0.29) is 29.6 Å². The molecule has 5 nitrogen and oxygen atoms in total. The first kappa shape index (κ1) is 16.6. The molecule has 2 heterocycles. The number of halogens is 1. The van der Waals surface area contributed by atoms with Crippen LogP contribution in [-0.4, -0.2) is 35.2 Å². The maximum absolute atomic E-state index is 13.4. The number of methoxy groups -OCH3 is 1. The normalized spacial score (nSPS) is 20.5. The average Bonchev–Trinajstić information content (AvgIpc) is 3.14. The number of benzene rings is 1. The molecule has 128 valence electrons. The third-order valence-corrected chi connectivity index (χ3v) is 4.53. The second kappa shape index (κ2) is 6.73. The van der Waals surface area contributed by atoms with Crippen LogP contribution in [0.15, 0.2) is 34.9 Å². The minimum atomic E-state index is -0.356. The monoisotopic (exact) mass is 332 g/mol. The SMILES string of the molecule is COCc1cc(C(=O)N2CCCC2(C)Cc2cccc(F)c2)no1. The predicted octanol–water partition coefficient (Wildman–Crippen LogP) is 3.20. The molecule has 1 saturated heterocycles. The fourth-order valence-corrected chi connectivity index (χ4v) is 3.40. The van der Waals surface area contributed by atoms with Gasteiger partial charge >= 0.3 is 0 Å². The van der Waals surface area contributed by atoms with Crippen molar-refractivity contribution in [1.82, 2.24) is 10.1 Å². The van der Waals surface area contributed by atoms with Crippen LogP contribution in [0.2, 0.25) is 0 Å². The van der Waals surface area contributed by atoms with E-state index in [2.05, 4.69) is 5.16 Å². The molecule has 0 aliphatic carbocycles. The molecule has 1 fully saturated rings. The molecule has 1 amide bonds. The molecule has 0 N–H and O–H groups in total. The van der Waals surface area contributed by atoms with Crippen molar-refractivity contribution in [3.8, 4) is 0 Å². The van der Waals surface area contributed by atoms with Gasteiger partial charge in [0.2, 0.25) is 0 Å². The van der Waals surface area contributed by atoms with Crippen LogP contribution in [0.5, 0.6) is 0 Å². The van der Waals surface area contributed by atoms with Crippen molar-refractivity contribution in [1.29, 1.82) is 0 Å². The molecule has 0 radical (unpaired) electrons. The third-order valence-electron chi connectivity index (χ3n) is 4.53. The molecule has 1 aromatic carbocycles. The molecule has 3 rings (SSSR count). The number of ether oxygens (including phenoxy) is 1. The van der Waals surface area contributed by atoms with Gasteiger partial charge in [0.25, 0.3) is 5.91 Å². The molecule has 6 heteroatoms. The highest BCUT2D eigenvalue weighted by Crippen LogP contribution is 2.33.